The third-order valence-corrected chi connectivity index (χ3v) is 3.61. The summed E-state index contributed by atoms with van der Waals surface area (Å²) < 4.78 is 1.74. The van der Waals surface area contributed by atoms with E-state index < -0.39 is 0 Å². The monoisotopic (exact) mass is 383 g/mol. The molecule has 0 saturated heterocycles. The predicted octanol–water partition coefficient (Wildman–Crippen LogP) is 3.90. The van der Waals surface area contributed by atoms with Crippen LogP contribution >= 0.6 is 31.9 Å². The van der Waals surface area contributed by atoms with Crippen LogP contribution in [0.2, 0.25) is 0 Å². The van der Waals surface area contributed by atoms with E-state index in [0.717, 1.165) is 14.6 Å². The largest absolute Gasteiger partial charge is 0.388 e. The number of aromatic nitrogens is 1. The molecule has 1 aromatic heterocycles. The lowest BCUT2D eigenvalue weighted by Crippen LogP contribution is -2.14. The zero-order valence-electron chi connectivity index (χ0n) is 10.1. The van der Waals surface area contributed by atoms with E-state index in [9.17, 15) is 4.79 Å². The summed E-state index contributed by atoms with van der Waals surface area (Å²) in [5.41, 5.74) is 1.90. The Labute approximate surface area is 127 Å². The molecule has 2 rings (SSSR count). The molecule has 0 fully saturated rings. The van der Waals surface area contributed by atoms with Crippen molar-refractivity contribution in [3.05, 3.63) is 51.2 Å². The fourth-order valence-electron chi connectivity index (χ4n) is 1.49. The van der Waals surface area contributed by atoms with E-state index >= 15 is 0 Å². The van der Waals surface area contributed by atoms with Gasteiger partial charge in [-0.15, -0.1) is 0 Å². The van der Waals surface area contributed by atoms with Crippen LogP contribution in [0.25, 0.3) is 0 Å². The number of nitrogens with zero attached hydrogens (tertiary/aromatic N) is 1. The van der Waals surface area contributed by atoms with Gasteiger partial charge in [0.25, 0.3) is 5.91 Å². The Morgan fingerprint density at radius 1 is 1.21 bits per heavy atom. The molecule has 1 amide bonds. The normalized spacial score (nSPS) is 10.1. The molecule has 0 radical (unpaired) electrons. The maximum Gasteiger partial charge on any atom is 0.274 e. The first-order valence-corrected chi connectivity index (χ1v) is 7.09. The van der Waals surface area contributed by atoms with Crippen LogP contribution in [0.3, 0.4) is 0 Å². The first-order chi connectivity index (χ1) is 9.10. The van der Waals surface area contributed by atoms with Crippen LogP contribution in [-0.2, 0) is 0 Å². The van der Waals surface area contributed by atoms with Gasteiger partial charge < -0.3 is 10.6 Å². The Hall–Kier alpha value is -1.40. The van der Waals surface area contributed by atoms with Crippen LogP contribution < -0.4 is 10.6 Å². The van der Waals surface area contributed by atoms with E-state index in [4.69, 9.17) is 0 Å². The molecule has 0 spiro atoms. The molecular weight excluding hydrogens is 374 g/mol. The predicted molar refractivity (Wildman–Crippen MR) is 83.6 cm³/mol. The highest BCUT2D eigenvalue weighted by Gasteiger charge is 2.10. The Balaban J connectivity index is 2.20. The number of hydrogen-bond acceptors (Lipinski definition) is 3. The minimum atomic E-state index is -0.250. The first kappa shape index (κ1) is 14.0. The lowest BCUT2D eigenvalue weighted by molar-refractivity contribution is 0.102. The minimum absolute atomic E-state index is 0.250. The number of pyridine rings is 1. The fourth-order valence-corrected chi connectivity index (χ4v) is 2.63. The summed E-state index contributed by atoms with van der Waals surface area (Å²) in [4.78, 5) is 16.1. The van der Waals surface area contributed by atoms with Crippen molar-refractivity contribution in [1.29, 1.82) is 0 Å². The molecule has 0 atom stereocenters. The average molecular weight is 385 g/mol. The molecule has 2 aromatic rings. The number of carbonyl (C=O) groups excluding carboxylic acids is 1. The number of carbonyl (C=O) groups is 1. The van der Waals surface area contributed by atoms with Gasteiger partial charge in [-0.2, -0.15) is 0 Å². The van der Waals surface area contributed by atoms with Crippen molar-refractivity contribution in [2.75, 3.05) is 17.7 Å². The van der Waals surface area contributed by atoms with Crippen LogP contribution in [0.15, 0.2) is 45.5 Å². The zero-order valence-corrected chi connectivity index (χ0v) is 13.2. The molecule has 4 nitrogen and oxygen atoms in total. The van der Waals surface area contributed by atoms with Crippen LogP contribution in [0.5, 0.6) is 0 Å². The van der Waals surface area contributed by atoms with Gasteiger partial charge in [-0.3, -0.25) is 9.78 Å². The van der Waals surface area contributed by atoms with E-state index in [2.05, 4.69) is 47.5 Å². The molecule has 2 N–H and O–H groups in total. The number of amides is 1. The minimum Gasteiger partial charge on any atom is -0.388 e. The fraction of sp³-hybridized carbons (Fsp3) is 0.0769. The third kappa shape index (κ3) is 3.54. The average Bonchev–Trinajstić information content (AvgIpc) is 2.42. The second-order valence-corrected chi connectivity index (χ2v) is 5.53. The molecule has 19 heavy (non-hydrogen) atoms. The summed E-state index contributed by atoms with van der Waals surface area (Å²) in [7, 11) is 1.79. The van der Waals surface area contributed by atoms with Crippen molar-refractivity contribution in [3.63, 3.8) is 0 Å². The van der Waals surface area contributed by atoms with Gasteiger partial charge in [0.2, 0.25) is 0 Å². The summed E-state index contributed by atoms with van der Waals surface area (Å²) in [6.07, 6.45) is 1.59. The number of halogens is 2. The Morgan fingerprint density at radius 2 is 2.00 bits per heavy atom. The van der Waals surface area contributed by atoms with Gasteiger partial charge in [-0.25, -0.2) is 0 Å². The lowest BCUT2D eigenvalue weighted by Gasteiger charge is -2.08. The molecule has 98 valence electrons. The summed E-state index contributed by atoms with van der Waals surface area (Å²) >= 11 is 6.76. The van der Waals surface area contributed by atoms with Crippen molar-refractivity contribution in [2.45, 2.75) is 0 Å². The summed E-state index contributed by atoms with van der Waals surface area (Å²) in [6.45, 7) is 0. The van der Waals surface area contributed by atoms with Crippen LogP contribution in [-0.4, -0.2) is 17.9 Å². The van der Waals surface area contributed by atoms with Crippen molar-refractivity contribution >= 4 is 49.1 Å². The standard InChI is InChI=1S/C13H11Br2N3O/c1-16-9-4-5-17-12(7-9)13(19)18-11-3-2-8(14)6-10(11)15/h2-7H,1H3,(H,16,17)(H,18,19). The maximum absolute atomic E-state index is 12.1. The van der Waals surface area contributed by atoms with Crippen molar-refractivity contribution in [3.8, 4) is 0 Å². The highest BCUT2D eigenvalue weighted by atomic mass is 79.9. The molecule has 0 aliphatic rings. The van der Waals surface area contributed by atoms with Crippen molar-refractivity contribution in [1.82, 2.24) is 4.98 Å². The molecule has 0 saturated carbocycles. The van der Waals surface area contributed by atoms with Crippen molar-refractivity contribution in [2.24, 2.45) is 0 Å². The quantitative estimate of drug-likeness (QED) is 0.843. The molecule has 0 aliphatic heterocycles. The van der Waals surface area contributed by atoms with Gasteiger partial charge in [-0.05, 0) is 46.3 Å². The smallest absolute Gasteiger partial charge is 0.274 e. The summed E-state index contributed by atoms with van der Waals surface area (Å²) in [5.74, 6) is -0.250. The van der Waals surface area contributed by atoms with Gasteiger partial charge in [-0.1, -0.05) is 15.9 Å². The van der Waals surface area contributed by atoms with Gasteiger partial charge >= 0.3 is 0 Å². The number of nitrogens with one attached hydrogen (secondary N) is 2. The second-order valence-electron chi connectivity index (χ2n) is 3.76. The van der Waals surface area contributed by atoms with E-state index in [1.807, 2.05) is 18.2 Å². The Bertz CT molecular complexity index is 617. The Kier molecular flexibility index (Phi) is 4.55. The summed E-state index contributed by atoms with van der Waals surface area (Å²) in [6, 6.07) is 9.04. The number of rotatable bonds is 3. The van der Waals surface area contributed by atoms with E-state index in [-0.39, 0.29) is 5.91 Å². The van der Waals surface area contributed by atoms with E-state index in [1.165, 1.54) is 0 Å². The molecule has 1 heterocycles. The molecule has 0 bridgehead atoms. The molecule has 0 unspecified atom stereocenters. The zero-order chi connectivity index (χ0) is 13.8. The highest BCUT2D eigenvalue weighted by Crippen LogP contribution is 2.26. The Morgan fingerprint density at radius 3 is 2.68 bits per heavy atom. The second kappa shape index (κ2) is 6.16. The molecular formula is C13H11Br2N3O. The van der Waals surface area contributed by atoms with Gasteiger partial charge in [0.1, 0.15) is 5.69 Å². The highest BCUT2D eigenvalue weighted by molar-refractivity contribution is 9.11. The number of anilines is 2. The SMILES string of the molecule is CNc1ccnc(C(=O)Nc2ccc(Br)cc2Br)c1. The van der Waals surface area contributed by atoms with Gasteiger partial charge in [0.15, 0.2) is 0 Å². The topological polar surface area (TPSA) is 54.0 Å². The van der Waals surface area contributed by atoms with Crippen molar-refractivity contribution < 1.29 is 4.79 Å². The molecule has 1 aromatic carbocycles. The molecule has 6 heteroatoms. The van der Waals surface area contributed by atoms with Gasteiger partial charge in [0.05, 0.1) is 5.69 Å². The van der Waals surface area contributed by atoms with Crippen LogP contribution in [0, 0.1) is 0 Å². The lowest BCUT2D eigenvalue weighted by atomic mass is 10.2. The number of hydrogen-bond donors (Lipinski definition) is 2. The summed E-state index contributed by atoms with van der Waals surface area (Å²) in [5, 5.41) is 5.78. The van der Waals surface area contributed by atoms with E-state index in [0.29, 0.717) is 11.4 Å². The first-order valence-electron chi connectivity index (χ1n) is 5.50. The van der Waals surface area contributed by atoms with Gasteiger partial charge in [0, 0.05) is 27.9 Å². The molecule has 0 aliphatic carbocycles. The van der Waals surface area contributed by atoms with Crippen LogP contribution in [0.1, 0.15) is 10.5 Å². The maximum atomic E-state index is 12.1. The van der Waals surface area contributed by atoms with Crippen LogP contribution in [0.4, 0.5) is 11.4 Å². The number of benzene rings is 1. The third-order valence-electron chi connectivity index (χ3n) is 2.46. The van der Waals surface area contributed by atoms with E-state index in [1.54, 1.807) is 25.4 Å².